The van der Waals surface area contributed by atoms with Gasteiger partial charge >= 0.3 is 0 Å². The number of nitrogens with one attached hydrogen (secondary N) is 1. The number of nitriles is 1. The third-order valence-corrected chi connectivity index (χ3v) is 3.65. The van der Waals surface area contributed by atoms with E-state index in [-0.39, 0.29) is 0 Å². The monoisotopic (exact) mass is 258 g/mol. The molecule has 2 heterocycles. The van der Waals surface area contributed by atoms with Crippen LogP contribution in [0.5, 0.6) is 0 Å². The molecule has 1 N–H and O–H groups in total. The van der Waals surface area contributed by atoms with Crippen molar-refractivity contribution in [1.82, 2.24) is 9.36 Å². The summed E-state index contributed by atoms with van der Waals surface area (Å²) in [7, 11) is 0. The van der Waals surface area contributed by atoms with E-state index in [1.54, 1.807) is 6.20 Å². The minimum Gasteiger partial charge on any atom is -0.369 e. The minimum absolute atomic E-state index is 0.625. The quantitative estimate of drug-likeness (QED) is 0.916. The van der Waals surface area contributed by atoms with Crippen molar-refractivity contribution in [3.05, 3.63) is 40.8 Å². The van der Waals surface area contributed by atoms with Crippen LogP contribution in [-0.2, 0) is 13.0 Å². The standard InChI is InChI=1S/C13H14N4S/c1-3-10-5-4-6-15-12(10)8-16-13-11(7-14)9(2)17-18-13/h4-6,16H,3,8H2,1-2H3. The zero-order valence-electron chi connectivity index (χ0n) is 10.4. The molecule has 0 unspecified atom stereocenters. The molecule has 0 fully saturated rings. The van der Waals surface area contributed by atoms with Gasteiger partial charge < -0.3 is 5.32 Å². The van der Waals surface area contributed by atoms with E-state index < -0.39 is 0 Å². The van der Waals surface area contributed by atoms with Crippen molar-refractivity contribution in [2.75, 3.05) is 5.32 Å². The molecule has 18 heavy (non-hydrogen) atoms. The summed E-state index contributed by atoms with van der Waals surface area (Å²) in [4.78, 5) is 4.37. The Bertz CT molecular complexity index is 583. The summed E-state index contributed by atoms with van der Waals surface area (Å²) in [5.41, 5.74) is 3.66. The van der Waals surface area contributed by atoms with E-state index in [0.717, 1.165) is 22.8 Å². The van der Waals surface area contributed by atoms with Crippen LogP contribution in [0.25, 0.3) is 0 Å². The average molecular weight is 258 g/mol. The van der Waals surface area contributed by atoms with Crippen molar-refractivity contribution >= 4 is 16.5 Å². The van der Waals surface area contributed by atoms with E-state index in [9.17, 15) is 0 Å². The van der Waals surface area contributed by atoms with Gasteiger partial charge in [0.05, 0.1) is 17.9 Å². The third kappa shape index (κ3) is 2.49. The molecule has 92 valence electrons. The molecule has 0 amide bonds. The number of rotatable bonds is 4. The molecule has 2 rings (SSSR count). The number of anilines is 1. The molecule has 2 aromatic rings. The molecule has 0 aliphatic carbocycles. The predicted octanol–water partition coefficient (Wildman–Crippen LogP) is 2.89. The van der Waals surface area contributed by atoms with Crippen LogP contribution in [0.15, 0.2) is 18.3 Å². The van der Waals surface area contributed by atoms with E-state index in [4.69, 9.17) is 5.26 Å². The van der Waals surface area contributed by atoms with Crippen LogP contribution in [-0.4, -0.2) is 9.36 Å². The van der Waals surface area contributed by atoms with Crippen molar-refractivity contribution < 1.29 is 0 Å². The molecule has 0 saturated carbocycles. The molecular formula is C13H14N4S. The van der Waals surface area contributed by atoms with Gasteiger partial charge in [-0.3, -0.25) is 4.98 Å². The Kier molecular flexibility index (Phi) is 3.90. The van der Waals surface area contributed by atoms with Gasteiger partial charge in [0.25, 0.3) is 0 Å². The first-order valence-electron chi connectivity index (χ1n) is 5.79. The summed E-state index contributed by atoms with van der Waals surface area (Å²) in [6.07, 6.45) is 2.75. The third-order valence-electron chi connectivity index (χ3n) is 2.76. The van der Waals surface area contributed by atoms with Gasteiger partial charge in [-0.15, -0.1) is 0 Å². The van der Waals surface area contributed by atoms with Crippen molar-refractivity contribution in [3.8, 4) is 6.07 Å². The number of nitrogens with zero attached hydrogens (tertiary/aromatic N) is 3. The lowest BCUT2D eigenvalue weighted by molar-refractivity contribution is 0.974. The number of hydrogen-bond acceptors (Lipinski definition) is 5. The second-order valence-electron chi connectivity index (χ2n) is 3.90. The SMILES string of the molecule is CCc1cccnc1CNc1snc(C)c1C#N. The minimum atomic E-state index is 0.625. The van der Waals surface area contributed by atoms with Crippen molar-refractivity contribution in [3.63, 3.8) is 0 Å². The van der Waals surface area contributed by atoms with E-state index in [1.807, 2.05) is 13.0 Å². The van der Waals surface area contributed by atoms with Gasteiger partial charge in [-0.1, -0.05) is 13.0 Å². The first-order chi connectivity index (χ1) is 8.76. The van der Waals surface area contributed by atoms with Crippen LogP contribution >= 0.6 is 11.5 Å². The van der Waals surface area contributed by atoms with Gasteiger partial charge in [-0.2, -0.15) is 9.64 Å². The van der Waals surface area contributed by atoms with Crippen LogP contribution in [0.4, 0.5) is 5.00 Å². The largest absolute Gasteiger partial charge is 0.369 e. The van der Waals surface area contributed by atoms with Crippen molar-refractivity contribution in [2.45, 2.75) is 26.8 Å². The summed E-state index contributed by atoms with van der Waals surface area (Å²) < 4.78 is 4.18. The highest BCUT2D eigenvalue weighted by Crippen LogP contribution is 2.24. The first-order valence-corrected chi connectivity index (χ1v) is 6.56. The smallest absolute Gasteiger partial charge is 0.128 e. The first kappa shape index (κ1) is 12.5. The topological polar surface area (TPSA) is 61.6 Å². The predicted molar refractivity (Wildman–Crippen MR) is 72.5 cm³/mol. The summed E-state index contributed by atoms with van der Waals surface area (Å²) in [5, 5.41) is 13.1. The van der Waals surface area contributed by atoms with Gasteiger partial charge in [-0.05, 0) is 36.5 Å². The van der Waals surface area contributed by atoms with Gasteiger partial charge in [0.15, 0.2) is 0 Å². The lowest BCUT2D eigenvalue weighted by Crippen LogP contribution is -2.04. The zero-order chi connectivity index (χ0) is 13.0. The molecule has 0 aromatic carbocycles. The second kappa shape index (κ2) is 5.61. The zero-order valence-corrected chi connectivity index (χ0v) is 11.2. The highest BCUT2D eigenvalue weighted by Gasteiger charge is 2.10. The molecule has 0 atom stereocenters. The van der Waals surface area contributed by atoms with Gasteiger partial charge in [0, 0.05) is 6.20 Å². The maximum atomic E-state index is 9.05. The van der Waals surface area contributed by atoms with E-state index in [1.165, 1.54) is 17.1 Å². The van der Waals surface area contributed by atoms with Crippen molar-refractivity contribution in [2.24, 2.45) is 0 Å². The van der Waals surface area contributed by atoms with Crippen LogP contribution in [0.2, 0.25) is 0 Å². The van der Waals surface area contributed by atoms with Crippen LogP contribution in [0.1, 0.15) is 29.4 Å². The van der Waals surface area contributed by atoms with Crippen molar-refractivity contribution in [1.29, 1.82) is 5.26 Å². The summed E-state index contributed by atoms with van der Waals surface area (Å²) in [5.74, 6) is 0. The molecule has 0 radical (unpaired) electrons. The van der Waals surface area contributed by atoms with E-state index in [2.05, 4.69) is 33.7 Å². The summed E-state index contributed by atoms with van der Waals surface area (Å²) in [6.45, 7) is 4.58. The maximum Gasteiger partial charge on any atom is 0.128 e. The van der Waals surface area contributed by atoms with Gasteiger partial charge in [-0.25, -0.2) is 0 Å². The molecule has 0 spiro atoms. The Morgan fingerprint density at radius 1 is 1.50 bits per heavy atom. The normalized spacial score (nSPS) is 10.1. The van der Waals surface area contributed by atoms with Gasteiger partial charge in [0.2, 0.25) is 0 Å². The lowest BCUT2D eigenvalue weighted by Gasteiger charge is -2.07. The molecule has 4 nitrogen and oxygen atoms in total. The highest BCUT2D eigenvalue weighted by molar-refractivity contribution is 7.10. The molecule has 0 saturated heterocycles. The maximum absolute atomic E-state index is 9.05. The second-order valence-corrected chi connectivity index (χ2v) is 4.67. The highest BCUT2D eigenvalue weighted by atomic mass is 32.1. The fraction of sp³-hybridized carbons (Fsp3) is 0.308. The van der Waals surface area contributed by atoms with Gasteiger partial charge in [0.1, 0.15) is 16.6 Å². The van der Waals surface area contributed by atoms with Crippen LogP contribution < -0.4 is 5.32 Å². The van der Waals surface area contributed by atoms with Crippen LogP contribution in [0, 0.1) is 18.3 Å². The molecular weight excluding hydrogens is 244 g/mol. The van der Waals surface area contributed by atoms with E-state index >= 15 is 0 Å². The molecule has 2 aromatic heterocycles. The summed E-state index contributed by atoms with van der Waals surface area (Å²) >= 11 is 1.32. The van der Waals surface area contributed by atoms with E-state index in [0.29, 0.717) is 12.1 Å². The average Bonchev–Trinajstić information content (AvgIpc) is 2.77. The fourth-order valence-electron chi connectivity index (χ4n) is 1.74. The fourth-order valence-corrected chi connectivity index (χ4v) is 2.48. The molecule has 0 aliphatic heterocycles. The Morgan fingerprint density at radius 3 is 3.06 bits per heavy atom. The number of hydrogen-bond donors (Lipinski definition) is 1. The van der Waals surface area contributed by atoms with Crippen LogP contribution in [0.3, 0.4) is 0 Å². The Morgan fingerprint density at radius 2 is 2.33 bits per heavy atom. The Hall–Kier alpha value is -1.93. The molecule has 5 heteroatoms. The number of aryl methyl sites for hydroxylation is 2. The number of pyridine rings is 1. The Labute approximate surface area is 110 Å². The summed E-state index contributed by atoms with van der Waals surface area (Å²) in [6, 6.07) is 6.19. The Balaban J connectivity index is 2.14. The molecule has 0 aliphatic rings. The molecule has 0 bridgehead atoms. The lowest BCUT2D eigenvalue weighted by atomic mass is 10.1. The number of aromatic nitrogens is 2.